The number of carbonyl (C=O) groups is 1. The first-order valence-corrected chi connectivity index (χ1v) is 11.1. The molecule has 0 aliphatic rings. The molecule has 0 aliphatic carbocycles. The first-order valence-electron chi connectivity index (χ1n) is 9.84. The van der Waals surface area contributed by atoms with Crippen LogP contribution in [0.3, 0.4) is 0 Å². The summed E-state index contributed by atoms with van der Waals surface area (Å²) in [4.78, 5) is 30.2. The molecule has 7 nitrogen and oxygen atoms in total. The number of nitrogens with zero attached hydrogens (tertiary/aromatic N) is 2. The number of allylic oxidation sites excluding steroid dienone is 1. The molecule has 3 rings (SSSR count). The van der Waals surface area contributed by atoms with Gasteiger partial charge in [0, 0.05) is 18.1 Å². The van der Waals surface area contributed by atoms with Crippen LogP contribution in [0.15, 0.2) is 59.0 Å². The molecular weight excluding hydrogens is 450 g/mol. The molecule has 1 unspecified atom stereocenters. The fourth-order valence-electron chi connectivity index (χ4n) is 3.09. The Kier molecular flexibility index (Phi) is 7.82. The van der Waals surface area contributed by atoms with Gasteiger partial charge in [-0.2, -0.15) is 0 Å². The van der Waals surface area contributed by atoms with Crippen molar-refractivity contribution in [2.45, 2.75) is 30.4 Å². The van der Waals surface area contributed by atoms with E-state index in [0.29, 0.717) is 39.1 Å². The number of nitrogens with one attached hydrogen (secondary N) is 1. The molecule has 9 heteroatoms. The van der Waals surface area contributed by atoms with Gasteiger partial charge in [0.05, 0.1) is 30.4 Å². The van der Waals surface area contributed by atoms with Crippen LogP contribution in [0.4, 0.5) is 0 Å². The Morgan fingerprint density at radius 3 is 2.69 bits per heavy atom. The molecule has 1 aromatic heterocycles. The number of aromatic nitrogens is 2. The van der Waals surface area contributed by atoms with E-state index in [1.807, 2.05) is 12.1 Å². The standard InChI is InChI=1S/C23H24ClN3O4S/c1-5-10-27-22(29)17-8-7-16(24)12-18(17)26-23(27)32-14(2)21(28)25-13-15-6-9-19(30-3)20(11-15)31-4/h5-9,11-12,14H,1,10,13H2,2-4H3,(H,25,28). The minimum absolute atomic E-state index is 0.185. The Labute approximate surface area is 195 Å². The Bertz CT molecular complexity index is 1210. The third-order valence-corrected chi connectivity index (χ3v) is 6.09. The first kappa shape index (κ1) is 23.7. The van der Waals surface area contributed by atoms with Crippen LogP contribution in [0.25, 0.3) is 10.9 Å². The molecule has 168 valence electrons. The number of methoxy groups -OCH3 is 2. The molecule has 32 heavy (non-hydrogen) atoms. The van der Waals surface area contributed by atoms with Crippen LogP contribution in [0.5, 0.6) is 11.5 Å². The zero-order valence-electron chi connectivity index (χ0n) is 18.1. The minimum atomic E-state index is -0.491. The second-order valence-electron chi connectivity index (χ2n) is 6.93. The average Bonchev–Trinajstić information content (AvgIpc) is 2.79. The zero-order chi connectivity index (χ0) is 23.3. The summed E-state index contributed by atoms with van der Waals surface area (Å²) in [5.74, 6) is 1.03. The fourth-order valence-corrected chi connectivity index (χ4v) is 4.20. The largest absolute Gasteiger partial charge is 0.493 e. The van der Waals surface area contributed by atoms with E-state index in [2.05, 4.69) is 16.9 Å². The normalized spacial score (nSPS) is 11.8. The monoisotopic (exact) mass is 473 g/mol. The number of thioether (sulfide) groups is 1. The van der Waals surface area contributed by atoms with Gasteiger partial charge < -0.3 is 14.8 Å². The zero-order valence-corrected chi connectivity index (χ0v) is 19.6. The lowest BCUT2D eigenvalue weighted by Crippen LogP contribution is -2.31. The summed E-state index contributed by atoms with van der Waals surface area (Å²) < 4.78 is 12.0. The molecule has 1 N–H and O–H groups in total. The van der Waals surface area contributed by atoms with Crippen molar-refractivity contribution in [1.82, 2.24) is 14.9 Å². The summed E-state index contributed by atoms with van der Waals surface area (Å²) in [6.45, 7) is 6.09. The number of ether oxygens (including phenoxy) is 2. The fraction of sp³-hybridized carbons (Fsp3) is 0.261. The molecular formula is C23H24ClN3O4S. The van der Waals surface area contributed by atoms with Crippen molar-refractivity contribution in [2.75, 3.05) is 14.2 Å². The van der Waals surface area contributed by atoms with Crippen molar-refractivity contribution in [3.05, 3.63) is 70.0 Å². The highest BCUT2D eigenvalue weighted by Gasteiger charge is 2.19. The molecule has 0 saturated heterocycles. The first-order chi connectivity index (χ1) is 15.4. The summed E-state index contributed by atoms with van der Waals surface area (Å²) in [5.41, 5.74) is 1.16. The van der Waals surface area contributed by atoms with Crippen molar-refractivity contribution in [3.8, 4) is 11.5 Å². The molecule has 0 radical (unpaired) electrons. The molecule has 0 bridgehead atoms. The van der Waals surface area contributed by atoms with Crippen molar-refractivity contribution in [1.29, 1.82) is 0 Å². The van der Waals surface area contributed by atoms with Crippen LogP contribution in [-0.4, -0.2) is 34.9 Å². The van der Waals surface area contributed by atoms with E-state index >= 15 is 0 Å². The summed E-state index contributed by atoms with van der Waals surface area (Å²) in [5, 5.41) is 3.80. The maximum Gasteiger partial charge on any atom is 0.262 e. The summed E-state index contributed by atoms with van der Waals surface area (Å²) in [6.07, 6.45) is 1.62. The summed E-state index contributed by atoms with van der Waals surface area (Å²) in [6, 6.07) is 10.4. The van der Waals surface area contributed by atoms with Gasteiger partial charge in [-0.25, -0.2) is 4.98 Å². The number of amides is 1. The molecule has 1 heterocycles. The van der Waals surface area contributed by atoms with Gasteiger partial charge >= 0.3 is 0 Å². The van der Waals surface area contributed by atoms with E-state index in [1.54, 1.807) is 51.5 Å². The molecule has 1 amide bonds. The number of benzene rings is 2. The van der Waals surface area contributed by atoms with E-state index in [4.69, 9.17) is 21.1 Å². The number of rotatable bonds is 9. The van der Waals surface area contributed by atoms with E-state index in [9.17, 15) is 9.59 Å². The maximum atomic E-state index is 12.9. The Morgan fingerprint density at radius 1 is 1.25 bits per heavy atom. The lowest BCUT2D eigenvalue weighted by molar-refractivity contribution is -0.120. The van der Waals surface area contributed by atoms with Gasteiger partial charge in [-0.05, 0) is 42.8 Å². The number of hydrogen-bond acceptors (Lipinski definition) is 6. The van der Waals surface area contributed by atoms with Crippen LogP contribution in [0.1, 0.15) is 12.5 Å². The van der Waals surface area contributed by atoms with Crippen LogP contribution >= 0.6 is 23.4 Å². The average molecular weight is 474 g/mol. The van der Waals surface area contributed by atoms with Crippen molar-refractivity contribution in [2.24, 2.45) is 0 Å². The third kappa shape index (κ3) is 5.26. The van der Waals surface area contributed by atoms with Crippen molar-refractivity contribution >= 4 is 40.2 Å². The van der Waals surface area contributed by atoms with Gasteiger partial charge in [-0.1, -0.05) is 35.5 Å². The van der Waals surface area contributed by atoms with Crippen LogP contribution < -0.4 is 20.3 Å². The van der Waals surface area contributed by atoms with Crippen LogP contribution in [0, 0.1) is 0 Å². The molecule has 0 saturated carbocycles. The van der Waals surface area contributed by atoms with Gasteiger partial charge in [-0.15, -0.1) is 6.58 Å². The van der Waals surface area contributed by atoms with E-state index in [0.717, 1.165) is 5.56 Å². The van der Waals surface area contributed by atoms with Crippen molar-refractivity contribution < 1.29 is 14.3 Å². The maximum absolute atomic E-state index is 12.9. The molecule has 1 atom stereocenters. The van der Waals surface area contributed by atoms with E-state index in [1.165, 1.54) is 16.3 Å². The van der Waals surface area contributed by atoms with Gasteiger partial charge in [0.2, 0.25) is 5.91 Å². The second kappa shape index (κ2) is 10.6. The predicted molar refractivity (Wildman–Crippen MR) is 128 cm³/mol. The number of fused-ring (bicyclic) bond motifs is 1. The van der Waals surface area contributed by atoms with Gasteiger partial charge in [0.15, 0.2) is 16.7 Å². The molecule has 3 aromatic rings. The topological polar surface area (TPSA) is 82.5 Å². The summed E-state index contributed by atoms with van der Waals surface area (Å²) >= 11 is 7.27. The van der Waals surface area contributed by atoms with Gasteiger partial charge in [0.25, 0.3) is 5.56 Å². The van der Waals surface area contributed by atoms with Gasteiger partial charge in [-0.3, -0.25) is 14.2 Å². The molecule has 2 aromatic carbocycles. The molecule has 0 fully saturated rings. The van der Waals surface area contributed by atoms with Crippen LogP contribution in [-0.2, 0) is 17.9 Å². The minimum Gasteiger partial charge on any atom is -0.493 e. The summed E-state index contributed by atoms with van der Waals surface area (Å²) in [7, 11) is 3.13. The SMILES string of the molecule is C=CCn1c(SC(C)C(=O)NCc2ccc(OC)c(OC)c2)nc2cc(Cl)ccc2c1=O. The van der Waals surface area contributed by atoms with Gasteiger partial charge in [0.1, 0.15) is 0 Å². The highest BCUT2D eigenvalue weighted by Crippen LogP contribution is 2.28. The Hall–Kier alpha value is -2.97. The molecule has 0 spiro atoms. The lowest BCUT2D eigenvalue weighted by atomic mass is 10.2. The number of hydrogen-bond donors (Lipinski definition) is 1. The highest BCUT2D eigenvalue weighted by molar-refractivity contribution is 8.00. The lowest BCUT2D eigenvalue weighted by Gasteiger charge is -2.16. The van der Waals surface area contributed by atoms with E-state index in [-0.39, 0.29) is 18.0 Å². The Morgan fingerprint density at radius 2 is 2.00 bits per heavy atom. The second-order valence-corrected chi connectivity index (χ2v) is 8.67. The number of carbonyl (C=O) groups excluding carboxylic acids is 1. The van der Waals surface area contributed by atoms with Crippen LogP contribution in [0.2, 0.25) is 5.02 Å². The quantitative estimate of drug-likeness (QED) is 0.287. The predicted octanol–water partition coefficient (Wildman–Crippen LogP) is 4.05. The highest BCUT2D eigenvalue weighted by atomic mass is 35.5. The number of halogens is 1. The van der Waals surface area contributed by atoms with Crippen molar-refractivity contribution in [3.63, 3.8) is 0 Å². The van der Waals surface area contributed by atoms with E-state index < -0.39 is 5.25 Å². The third-order valence-electron chi connectivity index (χ3n) is 4.76. The Balaban J connectivity index is 1.78. The molecule has 0 aliphatic heterocycles. The smallest absolute Gasteiger partial charge is 0.262 e.